The SMILES string of the molecule is CCN(CC)c1ccc2c(c1)Oc1cc(O)c(Nc3ccccc3Cl)cc1C21OC(=O)c2ccccc21. The standard InChI is InChI=1S/C30H25ClN2O4/c1-3-33(4-2)18-13-14-21-27(15-18)36-28-17-26(34)25(32-24-12-8-7-11-23(24)31)16-22(28)30(21)20-10-6-5-9-19(20)29(35)37-30/h5-17,32,34H,3-4H2,1-2H3. The summed E-state index contributed by atoms with van der Waals surface area (Å²) in [6.45, 7) is 5.88. The summed E-state index contributed by atoms with van der Waals surface area (Å²) in [5.41, 5.74) is 3.39. The Kier molecular flexibility index (Phi) is 5.50. The Labute approximate surface area is 220 Å². The number of nitrogens with zero attached hydrogens (tertiary/aromatic N) is 1. The van der Waals surface area contributed by atoms with Crippen LogP contribution in [0.1, 0.15) is 40.9 Å². The first-order valence-electron chi connectivity index (χ1n) is 12.3. The molecule has 6 nitrogen and oxygen atoms in total. The number of nitrogens with one attached hydrogen (secondary N) is 1. The van der Waals surface area contributed by atoms with Crippen LogP contribution in [0.5, 0.6) is 17.2 Å². The maximum atomic E-state index is 13.2. The number of hydrogen-bond donors (Lipinski definition) is 2. The number of carbonyl (C=O) groups excluding carboxylic acids is 1. The van der Waals surface area contributed by atoms with Crippen molar-refractivity contribution in [2.45, 2.75) is 19.4 Å². The molecule has 37 heavy (non-hydrogen) atoms. The number of benzene rings is 4. The summed E-state index contributed by atoms with van der Waals surface area (Å²) in [6.07, 6.45) is 0. The van der Waals surface area contributed by atoms with E-state index in [4.69, 9.17) is 21.1 Å². The van der Waals surface area contributed by atoms with Gasteiger partial charge in [-0.2, -0.15) is 0 Å². The van der Waals surface area contributed by atoms with Gasteiger partial charge in [-0.15, -0.1) is 0 Å². The molecule has 186 valence electrons. The first kappa shape index (κ1) is 23.3. The Balaban J connectivity index is 1.58. The molecule has 2 aliphatic heterocycles. The van der Waals surface area contributed by atoms with Crippen molar-refractivity contribution in [1.82, 2.24) is 0 Å². The second kappa shape index (κ2) is 8.75. The van der Waals surface area contributed by atoms with Gasteiger partial charge in [0.05, 0.1) is 22.0 Å². The minimum Gasteiger partial charge on any atom is -0.506 e. The first-order chi connectivity index (χ1) is 18.0. The average molecular weight is 513 g/mol. The molecule has 0 saturated carbocycles. The predicted molar refractivity (Wildman–Crippen MR) is 145 cm³/mol. The van der Waals surface area contributed by atoms with Gasteiger partial charge in [0.15, 0.2) is 5.60 Å². The molecule has 1 spiro atoms. The lowest BCUT2D eigenvalue weighted by Crippen LogP contribution is -2.33. The third kappa shape index (κ3) is 3.51. The molecule has 0 saturated heterocycles. The van der Waals surface area contributed by atoms with Crippen molar-refractivity contribution in [3.8, 4) is 17.2 Å². The van der Waals surface area contributed by atoms with Crippen LogP contribution >= 0.6 is 11.6 Å². The zero-order chi connectivity index (χ0) is 25.7. The highest BCUT2D eigenvalue weighted by Gasteiger charge is 2.53. The molecule has 1 unspecified atom stereocenters. The van der Waals surface area contributed by atoms with Crippen molar-refractivity contribution in [2.75, 3.05) is 23.3 Å². The van der Waals surface area contributed by atoms with Crippen molar-refractivity contribution in [1.29, 1.82) is 0 Å². The summed E-state index contributed by atoms with van der Waals surface area (Å²) in [5.74, 6) is 0.564. The molecule has 4 aromatic carbocycles. The molecule has 0 aliphatic carbocycles. The van der Waals surface area contributed by atoms with Gasteiger partial charge in [-0.25, -0.2) is 4.79 Å². The van der Waals surface area contributed by atoms with Crippen molar-refractivity contribution >= 4 is 34.6 Å². The van der Waals surface area contributed by atoms with Crippen LogP contribution in [0.2, 0.25) is 5.02 Å². The Morgan fingerprint density at radius 2 is 1.59 bits per heavy atom. The van der Waals surface area contributed by atoms with Crippen LogP contribution in [0.4, 0.5) is 17.1 Å². The van der Waals surface area contributed by atoms with Crippen molar-refractivity contribution in [3.05, 3.63) is 106 Å². The third-order valence-corrected chi connectivity index (χ3v) is 7.42. The molecular weight excluding hydrogens is 488 g/mol. The van der Waals surface area contributed by atoms with E-state index < -0.39 is 11.6 Å². The van der Waals surface area contributed by atoms with Crippen LogP contribution in [0.15, 0.2) is 78.9 Å². The second-order valence-electron chi connectivity index (χ2n) is 9.04. The van der Waals surface area contributed by atoms with E-state index in [-0.39, 0.29) is 5.75 Å². The van der Waals surface area contributed by atoms with Crippen LogP contribution < -0.4 is 15.0 Å². The average Bonchev–Trinajstić information content (AvgIpc) is 3.20. The Morgan fingerprint density at radius 1 is 0.865 bits per heavy atom. The zero-order valence-electron chi connectivity index (χ0n) is 20.4. The van der Waals surface area contributed by atoms with Crippen LogP contribution in [0.3, 0.4) is 0 Å². The Morgan fingerprint density at radius 3 is 2.38 bits per heavy atom. The molecule has 0 radical (unpaired) electrons. The number of phenolic OH excluding ortho intramolecular Hbond substituents is 1. The number of carbonyl (C=O) groups is 1. The van der Waals surface area contributed by atoms with E-state index in [9.17, 15) is 9.90 Å². The number of halogens is 1. The van der Waals surface area contributed by atoms with Crippen LogP contribution in [-0.4, -0.2) is 24.2 Å². The van der Waals surface area contributed by atoms with Gasteiger partial charge in [0.2, 0.25) is 0 Å². The smallest absolute Gasteiger partial charge is 0.340 e. The summed E-state index contributed by atoms with van der Waals surface area (Å²) in [6, 6.07) is 24.0. The summed E-state index contributed by atoms with van der Waals surface area (Å²) in [7, 11) is 0. The van der Waals surface area contributed by atoms with Gasteiger partial charge in [0.25, 0.3) is 0 Å². The number of rotatable bonds is 5. The zero-order valence-corrected chi connectivity index (χ0v) is 21.2. The van der Waals surface area contributed by atoms with E-state index in [0.29, 0.717) is 39.0 Å². The van der Waals surface area contributed by atoms with Crippen LogP contribution in [0, 0.1) is 0 Å². The molecule has 6 rings (SSSR count). The fourth-order valence-corrected chi connectivity index (χ4v) is 5.47. The first-order valence-corrected chi connectivity index (χ1v) is 12.6. The van der Waals surface area contributed by atoms with Crippen molar-refractivity contribution in [2.24, 2.45) is 0 Å². The molecule has 0 fully saturated rings. The van der Waals surface area contributed by atoms with E-state index in [2.05, 4.69) is 24.1 Å². The fourth-order valence-electron chi connectivity index (χ4n) is 5.29. The van der Waals surface area contributed by atoms with Gasteiger partial charge in [-0.1, -0.05) is 41.9 Å². The number of fused-ring (bicyclic) bond motifs is 6. The van der Waals surface area contributed by atoms with Crippen LogP contribution in [-0.2, 0) is 10.3 Å². The van der Waals surface area contributed by atoms with Gasteiger partial charge < -0.3 is 24.8 Å². The van der Waals surface area contributed by atoms with Gasteiger partial charge in [0, 0.05) is 47.6 Å². The van der Waals surface area contributed by atoms with E-state index in [1.807, 2.05) is 54.6 Å². The molecule has 2 heterocycles. The molecular formula is C30H25ClN2O4. The molecule has 7 heteroatoms. The highest BCUT2D eigenvalue weighted by atomic mass is 35.5. The van der Waals surface area contributed by atoms with Crippen molar-refractivity contribution in [3.63, 3.8) is 0 Å². The fraction of sp³-hybridized carbons (Fsp3) is 0.167. The number of anilines is 3. The molecule has 0 aromatic heterocycles. The van der Waals surface area contributed by atoms with Crippen molar-refractivity contribution < 1.29 is 19.4 Å². The summed E-state index contributed by atoms with van der Waals surface area (Å²) >= 11 is 6.37. The minimum absolute atomic E-state index is 0.0187. The van der Waals surface area contributed by atoms with Gasteiger partial charge >= 0.3 is 5.97 Å². The van der Waals surface area contributed by atoms with E-state index in [1.165, 1.54) is 0 Å². The normalized spacial score (nSPS) is 16.9. The summed E-state index contributed by atoms with van der Waals surface area (Å²) in [5, 5.41) is 14.7. The molecule has 0 bridgehead atoms. The lowest BCUT2D eigenvalue weighted by atomic mass is 9.77. The molecule has 2 N–H and O–H groups in total. The van der Waals surface area contributed by atoms with Gasteiger partial charge in [-0.3, -0.25) is 0 Å². The molecule has 2 aliphatic rings. The molecule has 0 amide bonds. The monoisotopic (exact) mass is 512 g/mol. The molecule has 4 aromatic rings. The number of para-hydroxylation sites is 1. The lowest BCUT2D eigenvalue weighted by molar-refractivity contribution is 0.0224. The summed E-state index contributed by atoms with van der Waals surface area (Å²) < 4.78 is 12.6. The van der Waals surface area contributed by atoms with Gasteiger partial charge in [-0.05, 0) is 50.2 Å². The minimum atomic E-state index is -1.23. The predicted octanol–water partition coefficient (Wildman–Crippen LogP) is 7.20. The lowest BCUT2D eigenvalue weighted by Gasteiger charge is -2.37. The number of phenols is 1. The van der Waals surface area contributed by atoms with Crippen LogP contribution in [0.25, 0.3) is 0 Å². The van der Waals surface area contributed by atoms with E-state index >= 15 is 0 Å². The summed E-state index contributed by atoms with van der Waals surface area (Å²) in [4.78, 5) is 15.4. The number of aromatic hydroxyl groups is 1. The van der Waals surface area contributed by atoms with Gasteiger partial charge in [0.1, 0.15) is 17.2 Å². The third-order valence-electron chi connectivity index (χ3n) is 7.09. The Bertz CT molecular complexity index is 1550. The maximum Gasteiger partial charge on any atom is 0.340 e. The number of esters is 1. The van der Waals surface area contributed by atoms with E-state index in [1.54, 1.807) is 24.3 Å². The topological polar surface area (TPSA) is 71.0 Å². The Hall–Kier alpha value is -4.16. The number of hydrogen-bond acceptors (Lipinski definition) is 6. The largest absolute Gasteiger partial charge is 0.506 e. The number of ether oxygens (including phenoxy) is 2. The highest BCUT2D eigenvalue weighted by Crippen LogP contribution is 2.58. The highest BCUT2D eigenvalue weighted by molar-refractivity contribution is 6.33. The van der Waals surface area contributed by atoms with E-state index in [0.717, 1.165) is 29.9 Å². The molecule has 1 atom stereocenters. The second-order valence-corrected chi connectivity index (χ2v) is 9.45. The quantitative estimate of drug-likeness (QED) is 0.217. The maximum absolute atomic E-state index is 13.2.